The van der Waals surface area contributed by atoms with Gasteiger partial charge in [0.1, 0.15) is 0 Å². The van der Waals surface area contributed by atoms with Gasteiger partial charge in [-0.1, -0.05) is 0 Å². The third-order valence-corrected chi connectivity index (χ3v) is 3.06. The van der Waals surface area contributed by atoms with Crippen molar-refractivity contribution in [2.24, 2.45) is 0 Å². The summed E-state index contributed by atoms with van der Waals surface area (Å²) in [5.74, 6) is 0. The van der Waals surface area contributed by atoms with E-state index in [1.807, 2.05) is 12.1 Å². The molecule has 0 amide bonds. The van der Waals surface area contributed by atoms with Crippen molar-refractivity contribution in [3.8, 4) is 0 Å². The fraction of sp³-hybridized carbons (Fsp3) is 0. The van der Waals surface area contributed by atoms with Crippen LogP contribution in [0.1, 0.15) is 11.1 Å². The molecule has 0 aliphatic rings. The number of hydrogen-bond acceptors (Lipinski definition) is 0. The average molecular weight is 245 g/mol. The molecule has 0 fully saturated rings. The topological polar surface area (TPSA) is 0 Å². The Balaban J connectivity index is 2.35. The van der Waals surface area contributed by atoms with E-state index < -0.39 is 0 Å². The van der Waals surface area contributed by atoms with E-state index >= 15 is 0 Å². The second-order valence-corrected chi connectivity index (χ2v) is 3.92. The summed E-state index contributed by atoms with van der Waals surface area (Å²) in [5.41, 5.74) is 2.47. The van der Waals surface area contributed by atoms with Gasteiger partial charge >= 0.3 is 91.8 Å². The molecule has 0 aliphatic carbocycles. The van der Waals surface area contributed by atoms with E-state index in [4.69, 9.17) is 0 Å². The SMILES string of the molecule is [Se]=C(c1ccccc1)c1ccccc1. The minimum atomic E-state index is 1.20. The van der Waals surface area contributed by atoms with E-state index in [-0.39, 0.29) is 0 Å². The molecule has 68 valence electrons. The Hall–Kier alpha value is -1.17. The van der Waals surface area contributed by atoms with E-state index in [9.17, 15) is 0 Å². The van der Waals surface area contributed by atoms with Crippen LogP contribution in [-0.2, 0) is 0 Å². The molecule has 0 unspecified atom stereocenters. The normalized spacial score (nSPS) is 9.71. The van der Waals surface area contributed by atoms with E-state index in [1.165, 1.54) is 15.5 Å². The molecule has 2 aromatic carbocycles. The summed E-state index contributed by atoms with van der Waals surface area (Å²) in [6.45, 7) is 0. The Bertz CT molecular complexity index is 376. The Kier molecular flexibility index (Phi) is 2.93. The van der Waals surface area contributed by atoms with Crippen LogP contribution in [0.15, 0.2) is 60.7 Å². The summed E-state index contributed by atoms with van der Waals surface area (Å²) in [6, 6.07) is 20.7. The molecule has 2 aromatic rings. The van der Waals surface area contributed by atoms with Gasteiger partial charge in [-0.25, -0.2) is 0 Å². The summed E-state index contributed by atoms with van der Waals surface area (Å²) in [7, 11) is 0. The molecule has 0 N–H and O–H groups in total. The molecular formula is C13H10Se. The monoisotopic (exact) mass is 246 g/mol. The summed E-state index contributed by atoms with van der Waals surface area (Å²) >= 11 is 3.13. The molecule has 0 aliphatic heterocycles. The van der Waals surface area contributed by atoms with E-state index in [0.29, 0.717) is 0 Å². The zero-order valence-electron chi connectivity index (χ0n) is 7.68. The molecule has 0 spiro atoms. The van der Waals surface area contributed by atoms with Crippen LogP contribution >= 0.6 is 0 Å². The molecule has 0 atom stereocenters. The van der Waals surface area contributed by atoms with E-state index in [0.717, 1.165) is 0 Å². The van der Waals surface area contributed by atoms with Gasteiger partial charge in [0, 0.05) is 0 Å². The van der Waals surface area contributed by atoms with Crippen LogP contribution in [0.5, 0.6) is 0 Å². The van der Waals surface area contributed by atoms with Crippen LogP contribution in [0.3, 0.4) is 0 Å². The van der Waals surface area contributed by atoms with Gasteiger partial charge in [0.2, 0.25) is 0 Å². The first kappa shape index (κ1) is 9.39. The fourth-order valence-electron chi connectivity index (χ4n) is 1.35. The van der Waals surface area contributed by atoms with Gasteiger partial charge in [0.15, 0.2) is 0 Å². The van der Waals surface area contributed by atoms with Crippen LogP contribution in [0.25, 0.3) is 0 Å². The number of benzene rings is 2. The molecule has 0 saturated heterocycles. The van der Waals surface area contributed by atoms with Crippen molar-refractivity contribution in [2.45, 2.75) is 0 Å². The second kappa shape index (κ2) is 4.36. The molecule has 0 bridgehead atoms. The van der Waals surface area contributed by atoms with Gasteiger partial charge in [-0.3, -0.25) is 0 Å². The molecule has 0 nitrogen and oxygen atoms in total. The third kappa shape index (κ3) is 2.01. The molecule has 2 rings (SSSR count). The molecule has 0 saturated carbocycles. The van der Waals surface area contributed by atoms with Gasteiger partial charge in [-0.2, -0.15) is 0 Å². The van der Waals surface area contributed by atoms with Gasteiger partial charge < -0.3 is 0 Å². The Morgan fingerprint density at radius 3 is 1.36 bits per heavy atom. The van der Waals surface area contributed by atoms with Crippen molar-refractivity contribution in [3.63, 3.8) is 0 Å². The van der Waals surface area contributed by atoms with Crippen molar-refractivity contribution in [2.75, 3.05) is 0 Å². The summed E-state index contributed by atoms with van der Waals surface area (Å²) < 4.78 is 1.20. The summed E-state index contributed by atoms with van der Waals surface area (Å²) in [5, 5.41) is 0. The molecule has 0 radical (unpaired) electrons. The maximum absolute atomic E-state index is 3.13. The van der Waals surface area contributed by atoms with Gasteiger partial charge in [-0.05, 0) is 0 Å². The predicted molar refractivity (Wildman–Crippen MR) is 61.8 cm³/mol. The van der Waals surface area contributed by atoms with E-state index in [1.54, 1.807) is 0 Å². The first-order valence-corrected chi connectivity index (χ1v) is 5.38. The average Bonchev–Trinajstić information content (AvgIpc) is 2.30. The zero-order valence-corrected chi connectivity index (χ0v) is 9.39. The maximum atomic E-state index is 3.13. The van der Waals surface area contributed by atoms with Crippen LogP contribution in [0.2, 0.25) is 0 Å². The Morgan fingerprint density at radius 1 is 0.643 bits per heavy atom. The molecule has 1 heteroatoms. The van der Waals surface area contributed by atoms with Gasteiger partial charge in [-0.15, -0.1) is 0 Å². The first-order chi connectivity index (χ1) is 6.88. The van der Waals surface area contributed by atoms with E-state index in [2.05, 4.69) is 64.1 Å². The second-order valence-electron chi connectivity index (χ2n) is 3.06. The van der Waals surface area contributed by atoms with Crippen molar-refractivity contribution >= 4 is 20.0 Å². The quantitative estimate of drug-likeness (QED) is 0.713. The summed E-state index contributed by atoms with van der Waals surface area (Å²) in [6.07, 6.45) is 0. The Morgan fingerprint density at radius 2 is 1.00 bits per heavy atom. The predicted octanol–water partition coefficient (Wildman–Crippen LogP) is 2.42. The molecule has 14 heavy (non-hydrogen) atoms. The van der Waals surface area contributed by atoms with Crippen LogP contribution in [-0.4, -0.2) is 20.0 Å². The first-order valence-electron chi connectivity index (χ1n) is 4.53. The van der Waals surface area contributed by atoms with Crippen LogP contribution in [0, 0.1) is 0 Å². The van der Waals surface area contributed by atoms with Gasteiger partial charge in [0.25, 0.3) is 0 Å². The number of rotatable bonds is 2. The standard InChI is InChI=1S/C13H10Se/c14-13(11-7-3-1-4-8-11)12-9-5-2-6-10-12/h1-10H. The summed E-state index contributed by atoms with van der Waals surface area (Å²) in [4.78, 5) is 0. The van der Waals surface area contributed by atoms with Crippen molar-refractivity contribution in [3.05, 3.63) is 71.8 Å². The molecule has 0 heterocycles. The zero-order chi connectivity index (χ0) is 9.80. The fourth-order valence-corrected chi connectivity index (χ4v) is 1.92. The van der Waals surface area contributed by atoms with Crippen molar-refractivity contribution < 1.29 is 0 Å². The number of hydrogen-bond donors (Lipinski definition) is 0. The molecular weight excluding hydrogens is 235 g/mol. The Labute approximate surface area is 92.0 Å². The van der Waals surface area contributed by atoms with Crippen LogP contribution in [0.4, 0.5) is 0 Å². The molecule has 0 aromatic heterocycles. The van der Waals surface area contributed by atoms with Crippen molar-refractivity contribution in [1.29, 1.82) is 0 Å². The minimum absolute atomic E-state index is 1.20. The van der Waals surface area contributed by atoms with Crippen molar-refractivity contribution in [1.82, 2.24) is 0 Å². The third-order valence-electron chi connectivity index (χ3n) is 2.07. The van der Waals surface area contributed by atoms with Crippen LogP contribution < -0.4 is 0 Å². The van der Waals surface area contributed by atoms with Gasteiger partial charge in [0.05, 0.1) is 0 Å².